The van der Waals surface area contributed by atoms with Crippen molar-refractivity contribution in [2.75, 3.05) is 5.73 Å². The van der Waals surface area contributed by atoms with E-state index in [1.165, 1.54) is 6.33 Å². The van der Waals surface area contributed by atoms with Gasteiger partial charge >= 0.3 is 0 Å². The van der Waals surface area contributed by atoms with E-state index < -0.39 is 0 Å². The lowest BCUT2D eigenvalue weighted by Gasteiger charge is -2.02. The highest BCUT2D eigenvalue weighted by Crippen LogP contribution is 2.21. The third-order valence-electron chi connectivity index (χ3n) is 2.59. The van der Waals surface area contributed by atoms with Gasteiger partial charge in [0.2, 0.25) is 0 Å². The summed E-state index contributed by atoms with van der Waals surface area (Å²) < 4.78 is 1.70. The monoisotopic (exact) mass is 237 g/mol. The molecule has 3 aromatic rings. The van der Waals surface area contributed by atoms with Gasteiger partial charge in [-0.1, -0.05) is 18.2 Å². The first kappa shape index (κ1) is 10.5. The highest BCUT2D eigenvalue weighted by atomic mass is 15.3. The van der Waals surface area contributed by atoms with Gasteiger partial charge < -0.3 is 5.73 Å². The van der Waals surface area contributed by atoms with E-state index in [0.29, 0.717) is 5.82 Å². The summed E-state index contributed by atoms with van der Waals surface area (Å²) in [6, 6.07) is 11.6. The van der Waals surface area contributed by atoms with Crippen LogP contribution < -0.4 is 5.73 Å². The molecular weight excluding hydrogens is 226 g/mol. The van der Waals surface area contributed by atoms with Crippen molar-refractivity contribution in [2.45, 2.75) is 0 Å². The van der Waals surface area contributed by atoms with Crippen LogP contribution in [0, 0.1) is 0 Å². The Labute approximate surface area is 104 Å². The number of rotatable bonds is 2. The summed E-state index contributed by atoms with van der Waals surface area (Å²) in [5.74, 6) is 0.583. The van der Waals surface area contributed by atoms with Gasteiger partial charge in [0.1, 0.15) is 12.1 Å². The molecule has 1 aromatic carbocycles. The molecule has 2 aromatic heterocycles. The third-order valence-corrected chi connectivity index (χ3v) is 2.59. The first-order chi connectivity index (χ1) is 8.84. The van der Waals surface area contributed by atoms with E-state index >= 15 is 0 Å². The zero-order valence-corrected chi connectivity index (χ0v) is 9.56. The van der Waals surface area contributed by atoms with Crippen molar-refractivity contribution < 1.29 is 0 Å². The Morgan fingerprint density at radius 2 is 1.72 bits per heavy atom. The van der Waals surface area contributed by atoms with Crippen molar-refractivity contribution >= 4 is 5.82 Å². The average molecular weight is 237 g/mol. The Balaban J connectivity index is 2.07. The third kappa shape index (κ3) is 1.82. The number of hydrogen-bond acceptors (Lipinski definition) is 4. The van der Waals surface area contributed by atoms with Gasteiger partial charge in [-0.05, 0) is 12.1 Å². The number of nitrogens with two attached hydrogens (primary N) is 1. The van der Waals surface area contributed by atoms with E-state index in [0.717, 1.165) is 16.9 Å². The normalized spacial score (nSPS) is 10.4. The van der Waals surface area contributed by atoms with Crippen LogP contribution in [0.5, 0.6) is 0 Å². The summed E-state index contributed by atoms with van der Waals surface area (Å²) >= 11 is 0. The van der Waals surface area contributed by atoms with Crippen LogP contribution in [0.15, 0.2) is 55.1 Å². The zero-order valence-electron chi connectivity index (χ0n) is 9.56. The molecule has 0 spiro atoms. The fraction of sp³-hybridized carbons (Fsp3) is 0. The highest BCUT2D eigenvalue weighted by Gasteiger charge is 2.08. The Hall–Kier alpha value is -2.69. The van der Waals surface area contributed by atoms with E-state index in [-0.39, 0.29) is 0 Å². The maximum atomic E-state index is 5.97. The molecule has 3 rings (SSSR count). The van der Waals surface area contributed by atoms with Crippen molar-refractivity contribution in [3.8, 4) is 16.9 Å². The second kappa shape index (κ2) is 4.29. The summed E-state index contributed by atoms with van der Waals surface area (Å²) in [4.78, 5) is 7.94. The van der Waals surface area contributed by atoms with Crippen LogP contribution in [0.1, 0.15) is 0 Å². The molecule has 0 aliphatic rings. The zero-order chi connectivity index (χ0) is 12.4. The topological polar surface area (TPSA) is 69.6 Å². The first-order valence-electron chi connectivity index (χ1n) is 5.51. The Bertz CT molecular complexity index is 646. The Morgan fingerprint density at radius 3 is 2.44 bits per heavy atom. The van der Waals surface area contributed by atoms with Gasteiger partial charge in [0.25, 0.3) is 0 Å². The smallest absolute Gasteiger partial charge is 0.127 e. The fourth-order valence-corrected chi connectivity index (χ4v) is 1.74. The SMILES string of the molecule is Nc1cc(-c2cncnc2)nn1-c1ccccc1. The number of nitrogen functional groups attached to an aromatic ring is 1. The summed E-state index contributed by atoms with van der Waals surface area (Å²) in [6.45, 7) is 0. The molecule has 0 saturated carbocycles. The van der Waals surface area contributed by atoms with Crippen LogP contribution in [0.3, 0.4) is 0 Å². The van der Waals surface area contributed by atoms with Crippen LogP contribution in [0.2, 0.25) is 0 Å². The molecule has 0 bridgehead atoms. The van der Waals surface area contributed by atoms with Gasteiger partial charge in [0.05, 0.1) is 11.4 Å². The lowest BCUT2D eigenvalue weighted by molar-refractivity contribution is 0.894. The van der Waals surface area contributed by atoms with Crippen LogP contribution in [0.25, 0.3) is 16.9 Å². The number of hydrogen-bond donors (Lipinski definition) is 1. The molecule has 88 valence electrons. The van der Waals surface area contributed by atoms with Crippen molar-refractivity contribution in [3.63, 3.8) is 0 Å². The molecule has 2 N–H and O–H groups in total. The molecule has 18 heavy (non-hydrogen) atoms. The van der Waals surface area contributed by atoms with E-state index in [1.54, 1.807) is 17.1 Å². The van der Waals surface area contributed by atoms with Gasteiger partial charge in [0, 0.05) is 24.0 Å². The molecule has 2 heterocycles. The minimum atomic E-state index is 0.583. The van der Waals surface area contributed by atoms with Gasteiger partial charge in [-0.3, -0.25) is 0 Å². The van der Waals surface area contributed by atoms with Crippen molar-refractivity contribution in [2.24, 2.45) is 0 Å². The van der Waals surface area contributed by atoms with E-state index in [2.05, 4.69) is 15.1 Å². The molecule has 0 aliphatic carbocycles. The lowest BCUT2D eigenvalue weighted by Crippen LogP contribution is -2.01. The molecular formula is C13H11N5. The van der Waals surface area contributed by atoms with Gasteiger partial charge in [-0.15, -0.1) is 0 Å². The maximum Gasteiger partial charge on any atom is 0.127 e. The second-order valence-electron chi connectivity index (χ2n) is 3.83. The number of anilines is 1. The number of benzene rings is 1. The van der Waals surface area contributed by atoms with Crippen molar-refractivity contribution in [3.05, 3.63) is 55.1 Å². The summed E-state index contributed by atoms with van der Waals surface area (Å²) in [5.41, 5.74) is 8.51. The number of para-hydroxylation sites is 1. The van der Waals surface area contributed by atoms with Crippen LogP contribution in [-0.2, 0) is 0 Å². The largest absolute Gasteiger partial charge is 0.384 e. The van der Waals surface area contributed by atoms with Crippen LogP contribution in [-0.4, -0.2) is 19.7 Å². The Morgan fingerprint density at radius 1 is 1.00 bits per heavy atom. The molecule has 5 heteroatoms. The van der Waals surface area contributed by atoms with Gasteiger partial charge in [-0.25, -0.2) is 14.6 Å². The molecule has 5 nitrogen and oxygen atoms in total. The van der Waals surface area contributed by atoms with Crippen LogP contribution in [0.4, 0.5) is 5.82 Å². The second-order valence-corrected chi connectivity index (χ2v) is 3.83. The summed E-state index contributed by atoms with van der Waals surface area (Å²) in [6.07, 6.45) is 4.91. The predicted molar refractivity (Wildman–Crippen MR) is 69.0 cm³/mol. The summed E-state index contributed by atoms with van der Waals surface area (Å²) in [5, 5.41) is 4.46. The minimum Gasteiger partial charge on any atom is -0.384 e. The molecule has 0 unspecified atom stereocenters. The van der Waals surface area contributed by atoms with E-state index in [1.807, 2.05) is 36.4 Å². The average Bonchev–Trinajstić information content (AvgIpc) is 2.83. The molecule has 0 aliphatic heterocycles. The predicted octanol–water partition coefficient (Wildman–Crippen LogP) is 1.91. The molecule has 0 saturated heterocycles. The molecule has 0 radical (unpaired) electrons. The molecule has 0 amide bonds. The van der Waals surface area contributed by atoms with Gasteiger partial charge in [0.15, 0.2) is 0 Å². The molecule has 0 fully saturated rings. The van der Waals surface area contributed by atoms with Crippen LogP contribution >= 0.6 is 0 Å². The molecule has 0 atom stereocenters. The quantitative estimate of drug-likeness (QED) is 0.739. The maximum absolute atomic E-state index is 5.97. The standard InChI is InChI=1S/C13H11N5/c14-13-6-12(10-7-15-9-16-8-10)17-18(13)11-4-2-1-3-5-11/h1-9H,14H2. The van der Waals surface area contributed by atoms with Crippen molar-refractivity contribution in [1.29, 1.82) is 0 Å². The van der Waals surface area contributed by atoms with Gasteiger partial charge in [-0.2, -0.15) is 5.10 Å². The minimum absolute atomic E-state index is 0.583. The lowest BCUT2D eigenvalue weighted by atomic mass is 10.2. The first-order valence-corrected chi connectivity index (χ1v) is 5.51. The number of aromatic nitrogens is 4. The van der Waals surface area contributed by atoms with E-state index in [4.69, 9.17) is 5.73 Å². The fourth-order valence-electron chi connectivity index (χ4n) is 1.74. The van der Waals surface area contributed by atoms with E-state index in [9.17, 15) is 0 Å². The van der Waals surface area contributed by atoms with Crippen molar-refractivity contribution in [1.82, 2.24) is 19.7 Å². The summed E-state index contributed by atoms with van der Waals surface area (Å²) in [7, 11) is 0. The number of nitrogens with zero attached hydrogens (tertiary/aromatic N) is 4. The highest BCUT2D eigenvalue weighted by molar-refractivity contribution is 5.61. The Kier molecular flexibility index (Phi) is 2.49.